The molecular weight excluding hydrogens is 412 g/mol. The Labute approximate surface area is 185 Å². The second-order valence-corrected chi connectivity index (χ2v) is 9.91. The van der Waals surface area contributed by atoms with Gasteiger partial charge in [-0.15, -0.1) is 0 Å². The summed E-state index contributed by atoms with van der Waals surface area (Å²) >= 11 is 0. The Bertz CT molecular complexity index is 958. The molecule has 0 aromatic heterocycles. The average molecular weight is 445 g/mol. The number of anilines is 1. The molecule has 0 atom stereocenters. The first-order chi connectivity index (χ1) is 14.9. The van der Waals surface area contributed by atoms with Crippen molar-refractivity contribution in [2.75, 3.05) is 57.7 Å². The van der Waals surface area contributed by atoms with Gasteiger partial charge in [0.25, 0.3) is 15.9 Å². The highest BCUT2D eigenvalue weighted by molar-refractivity contribution is 7.92. The van der Waals surface area contributed by atoms with Gasteiger partial charge in [0.05, 0.1) is 10.6 Å². The SMILES string of the molecule is CN1CCN(CCCCNC(=O)c2cccc(S(=O)(=O)N(C)c3ccccc3)c2)CC1. The first-order valence-corrected chi connectivity index (χ1v) is 12.1. The van der Waals surface area contributed by atoms with Gasteiger partial charge >= 0.3 is 0 Å². The molecule has 1 heterocycles. The number of hydrogen-bond donors (Lipinski definition) is 1. The van der Waals surface area contributed by atoms with E-state index in [1.54, 1.807) is 36.4 Å². The van der Waals surface area contributed by atoms with Gasteiger partial charge in [0, 0.05) is 45.3 Å². The fraction of sp³-hybridized carbons (Fsp3) is 0.435. The van der Waals surface area contributed by atoms with E-state index in [2.05, 4.69) is 22.2 Å². The van der Waals surface area contributed by atoms with Crippen LogP contribution in [0.4, 0.5) is 5.69 Å². The molecule has 0 spiro atoms. The van der Waals surface area contributed by atoms with Crippen molar-refractivity contribution in [2.24, 2.45) is 0 Å². The molecule has 8 heteroatoms. The van der Waals surface area contributed by atoms with Gasteiger partial charge in [-0.05, 0) is 56.8 Å². The van der Waals surface area contributed by atoms with Gasteiger partial charge in [0.2, 0.25) is 0 Å². The first kappa shape index (κ1) is 23.2. The van der Waals surface area contributed by atoms with E-state index in [-0.39, 0.29) is 10.8 Å². The Morgan fingerprint density at radius 2 is 1.71 bits per heavy atom. The highest BCUT2D eigenvalue weighted by Crippen LogP contribution is 2.22. The van der Waals surface area contributed by atoms with Crippen molar-refractivity contribution in [1.82, 2.24) is 15.1 Å². The number of unbranched alkanes of at least 4 members (excludes halogenated alkanes) is 1. The lowest BCUT2D eigenvalue weighted by Gasteiger charge is -2.32. The van der Waals surface area contributed by atoms with Crippen LogP contribution >= 0.6 is 0 Å². The Kier molecular flexibility index (Phi) is 8.06. The standard InChI is InChI=1S/C23H32N4O3S/c1-25-15-17-27(18-16-25)14-7-6-13-24-23(28)20-9-8-12-22(19-20)31(29,30)26(2)21-10-4-3-5-11-21/h3-5,8-12,19H,6-7,13-18H2,1-2H3,(H,24,28). The first-order valence-electron chi connectivity index (χ1n) is 10.7. The molecule has 0 radical (unpaired) electrons. The zero-order chi connectivity index (χ0) is 22.3. The van der Waals surface area contributed by atoms with Gasteiger partial charge in [-0.2, -0.15) is 0 Å². The normalized spacial score (nSPS) is 15.5. The monoisotopic (exact) mass is 444 g/mol. The van der Waals surface area contributed by atoms with Gasteiger partial charge < -0.3 is 15.1 Å². The van der Waals surface area contributed by atoms with E-state index in [0.717, 1.165) is 45.6 Å². The van der Waals surface area contributed by atoms with E-state index < -0.39 is 10.0 Å². The van der Waals surface area contributed by atoms with E-state index in [9.17, 15) is 13.2 Å². The molecule has 31 heavy (non-hydrogen) atoms. The molecule has 1 saturated heterocycles. The predicted molar refractivity (Wildman–Crippen MR) is 124 cm³/mol. The number of para-hydroxylation sites is 1. The van der Waals surface area contributed by atoms with Crippen molar-refractivity contribution in [3.05, 3.63) is 60.2 Å². The summed E-state index contributed by atoms with van der Waals surface area (Å²) in [4.78, 5) is 17.4. The minimum atomic E-state index is -3.75. The number of benzene rings is 2. The molecule has 0 unspecified atom stereocenters. The topological polar surface area (TPSA) is 73.0 Å². The number of likely N-dealkylation sites (N-methyl/N-ethyl adjacent to an activating group) is 1. The predicted octanol–water partition coefficient (Wildman–Crippen LogP) is 2.27. The van der Waals surface area contributed by atoms with E-state index in [1.165, 1.54) is 23.5 Å². The minimum absolute atomic E-state index is 0.0987. The van der Waals surface area contributed by atoms with Crippen molar-refractivity contribution in [3.63, 3.8) is 0 Å². The zero-order valence-electron chi connectivity index (χ0n) is 18.3. The number of nitrogens with one attached hydrogen (secondary N) is 1. The molecule has 1 aliphatic rings. The number of carbonyl (C=O) groups is 1. The smallest absolute Gasteiger partial charge is 0.264 e. The number of piperazine rings is 1. The fourth-order valence-electron chi connectivity index (χ4n) is 3.57. The molecule has 0 saturated carbocycles. The maximum Gasteiger partial charge on any atom is 0.264 e. The lowest BCUT2D eigenvalue weighted by molar-refractivity contribution is 0.0951. The molecule has 7 nitrogen and oxygen atoms in total. The Morgan fingerprint density at radius 1 is 1.00 bits per heavy atom. The summed E-state index contributed by atoms with van der Waals surface area (Å²) in [6.45, 7) is 6.03. The molecule has 0 aliphatic carbocycles. The minimum Gasteiger partial charge on any atom is -0.352 e. The van der Waals surface area contributed by atoms with Crippen LogP contribution in [-0.4, -0.2) is 77.5 Å². The number of nitrogens with zero attached hydrogens (tertiary/aromatic N) is 3. The van der Waals surface area contributed by atoms with E-state index in [1.807, 2.05) is 6.07 Å². The Morgan fingerprint density at radius 3 is 2.42 bits per heavy atom. The number of hydrogen-bond acceptors (Lipinski definition) is 5. The summed E-state index contributed by atoms with van der Waals surface area (Å²) in [7, 11) is -0.0919. The molecule has 168 valence electrons. The molecule has 1 aliphatic heterocycles. The molecular formula is C23H32N4O3S. The quantitative estimate of drug-likeness (QED) is 0.601. The van der Waals surface area contributed by atoms with Crippen molar-refractivity contribution in [2.45, 2.75) is 17.7 Å². The highest BCUT2D eigenvalue weighted by atomic mass is 32.2. The van der Waals surface area contributed by atoms with Gasteiger partial charge in [0.1, 0.15) is 0 Å². The summed E-state index contributed by atoms with van der Waals surface area (Å²) in [6.07, 6.45) is 1.92. The molecule has 2 aromatic carbocycles. The van der Waals surface area contributed by atoms with Crippen LogP contribution in [0.2, 0.25) is 0 Å². The maximum absolute atomic E-state index is 13.0. The largest absolute Gasteiger partial charge is 0.352 e. The summed E-state index contributed by atoms with van der Waals surface area (Å²) < 4.78 is 27.2. The van der Waals surface area contributed by atoms with Crippen LogP contribution in [0.5, 0.6) is 0 Å². The van der Waals surface area contributed by atoms with Crippen LogP contribution in [0.3, 0.4) is 0 Å². The third-order valence-electron chi connectivity index (χ3n) is 5.66. The van der Waals surface area contributed by atoms with Crippen molar-refractivity contribution < 1.29 is 13.2 Å². The molecule has 1 N–H and O–H groups in total. The van der Waals surface area contributed by atoms with Crippen LogP contribution in [0, 0.1) is 0 Å². The van der Waals surface area contributed by atoms with Crippen LogP contribution in [0.25, 0.3) is 0 Å². The third kappa shape index (κ3) is 6.29. The number of carbonyl (C=O) groups excluding carboxylic acids is 1. The molecule has 1 amide bonds. The van der Waals surface area contributed by atoms with Gasteiger partial charge in [0.15, 0.2) is 0 Å². The van der Waals surface area contributed by atoms with Crippen LogP contribution in [0.15, 0.2) is 59.5 Å². The average Bonchev–Trinajstić information content (AvgIpc) is 2.80. The molecule has 3 rings (SSSR count). The lowest BCUT2D eigenvalue weighted by Crippen LogP contribution is -2.44. The van der Waals surface area contributed by atoms with Crippen LogP contribution < -0.4 is 9.62 Å². The van der Waals surface area contributed by atoms with Gasteiger partial charge in [-0.3, -0.25) is 9.10 Å². The number of rotatable bonds is 9. The van der Waals surface area contributed by atoms with E-state index in [0.29, 0.717) is 17.8 Å². The summed E-state index contributed by atoms with van der Waals surface area (Å²) in [5.74, 6) is -0.251. The van der Waals surface area contributed by atoms with Gasteiger partial charge in [-0.1, -0.05) is 24.3 Å². The number of sulfonamides is 1. The second kappa shape index (κ2) is 10.7. The summed E-state index contributed by atoms with van der Waals surface area (Å²) in [5, 5.41) is 2.91. The van der Waals surface area contributed by atoms with Crippen molar-refractivity contribution in [1.29, 1.82) is 0 Å². The Hall–Kier alpha value is -2.42. The molecule has 1 fully saturated rings. The van der Waals surface area contributed by atoms with Crippen LogP contribution in [-0.2, 0) is 10.0 Å². The number of amides is 1. The second-order valence-electron chi connectivity index (χ2n) is 7.94. The van der Waals surface area contributed by atoms with Crippen LogP contribution in [0.1, 0.15) is 23.2 Å². The van der Waals surface area contributed by atoms with Crippen molar-refractivity contribution >= 4 is 21.6 Å². The van der Waals surface area contributed by atoms with E-state index in [4.69, 9.17) is 0 Å². The van der Waals surface area contributed by atoms with Gasteiger partial charge in [-0.25, -0.2) is 8.42 Å². The molecule has 2 aromatic rings. The summed E-state index contributed by atoms with van der Waals surface area (Å²) in [5.41, 5.74) is 0.916. The lowest BCUT2D eigenvalue weighted by atomic mass is 10.2. The summed E-state index contributed by atoms with van der Waals surface area (Å²) in [6, 6.07) is 15.1. The third-order valence-corrected chi connectivity index (χ3v) is 7.44. The van der Waals surface area contributed by atoms with Crippen molar-refractivity contribution in [3.8, 4) is 0 Å². The zero-order valence-corrected chi connectivity index (χ0v) is 19.1. The maximum atomic E-state index is 13.0. The van der Waals surface area contributed by atoms with E-state index >= 15 is 0 Å². The highest BCUT2D eigenvalue weighted by Gasteiger charge is 2.22. The molecule has 0 bridgehead atoms. The Balaban J connectivity index is 1.51. The fourth-order valence-corrected chi connectivity index (χ4v) is 4.81.